The number of sulfone groups is 1. The molecule has 44 heavy (non-hydrogen) atoms. The second kappa shape index (κ2) is 12.2. The molecule has 2 aliphatic rings. The number of piperidine rings is 1. The molecule has 1 spiro atoms. The lowest BCUT2D eigenvalue weighted by Gasteiger charge is -2.44. The Morgan fingerprint density at radius 3 is 2.32 bits per heavy atom. The van der Waals surface area contributed by atoms with E-state index in [1.165, 1.54) is 6.07 Å². The number of aryl methyl sites for hydroxylation is 1. The average molecular weight is 623 g/mol. The maximum atomic E-state index is 12.8. The molecule has 230 valence electrons. The lowest BCUT2D eigenvalue weighted by molar-refractivity contribution is -0.275. The third-order valence-electron chi connectivity index (χ3n) is 8.36. The number of hydrogen-bond acceptors (Lipinski definition) is 6. The number of aromatic nitrogens is 1. The van der Waals surface area contributed by atoms with Gasteiger partial charge in [-0.2, -0.15) is 0 Å². The Morgan fingerprint density at radius 2 is 1.59 bits per heavy atom. The third-order valence-corrected chi connectivity index (χ3v) is 9.87. The van der Waals surface area contributed by atoms with Crippen molar-refractivity contribution in [2.24, 2.45) is 0 Å². The van der Waals surface area contributed by atoms with Crippen LogP contribution in [0.1, 0.15) is 41.6 Å². The number of para-hydroxylation sites is 1. The summed E-state index contributed by atoms with van der Waals surface area (Å²) in [6.07, 6.45) is 0.200. The first-order valence-corrected chi connectivity index (χ1v) is 16.4. The second-order valence-electron chi connectivity index (χ2n) is 11.6. The van der Waals surface area contributed by atoms with E-state index in [-0.39, 0.29) is 22.9 Å². The Labute approximate surface area is 255 Å². The van der Waals surface area contributed by atoms with Crippen molar-refractivity contribution in [1.82, 2.24) is 9.88 Å². The maximum absolute atomic E-state index is 12.8. The van der Waals surface area contributed by atoms with Crippen molar-refractivity contribution in [3.8, 4) is 22.6 Å². The molecular formula is C34H33F3N2O4S. The fourth-order valence-electron chi connectivity index (χ4n) is 6.08. The number of likely N-dealkylation sites (tertiary alicyclic amines) is 1. The van der Waals surface area contributed by atoms with Crippen LogP contribution in [0.4, 0.5) is 13.2 Å². The zero-order chi connectivity index (χ0) is 30.8. The van der Waals surface area contributed by atoms with E-state index in [1.54, 1.807) is 42.6 Å². The number of hydrogen-bond donors (Lipinski definition) is 0. The van der Waals surface area contributed by atoms with Crippen molar-refractivity contribution in [1.29, 1.82) is 0 Å². The summed E-state index contributed by atoms with van der Waals surface area (Å²) in [6, 6.07) is 25.4. The van der Waals surface area contributed by atoms with E-state index in [4.69, 9.17) is 4.74 Å². The van der Waals surface area contributed by atoms with Crippen molar-refractivity contribution >= 4 is 9.84 Å². The van der Waals surface area contributed by atoms with E-state index in [1.807, 2.05) is 36.4 Å². The molecule has 0 radical (unpaired) electrons. The molecule has 3 aromatic carbocycles. The molecule has 0 bridgehead atoms. The Bertz CT molecular complexity index is 1700. The van der Waals surface area contributed by atoms with Gasteiger partial charge in [0.25, 0.3) is 0 Å². The largest absolute Gasteiger partial charge is 0.573 e. The van der Waals surface area contributed by atoms with Gasteiger partial charge in [-0.3, -0.25) is 9.88 Å². The Hall–Kier alpha value is -3.89. The first kappa shape index (κ1) is 30.1. The minimum atomic E-state index is -4.72. The standard InChI is InChI=1S/C34H33F3N2O4S/c35-34(36,37)43-31-7-2-1-5-29(31)22-39-19-16-33(17-20-39)15-14-28-21-27(12-13-32(28)42-33)26-10-8-25(9-11-26)23-44(40,41)24-30-6-3-4-18-38-30/h1-13,18,21H,14-17,19-20,22-24H2. The van der Waals surface area contributed by atoms with E-state index in [0.717, 1.165) is 66.8 Å². The molecule has 10 heteroatoms. The van der Waals surface area contributed by atoms with Crippen molar-refractivity contribution in [3.63, 3.8) is 0 Å². The van der Waals surface area contributed by atoms with Gasteiger partial charge in [0, 0.05) is 31.4 Å². The average Bonchev–Trinajstić information content (AvgIpc) is 2.99. The Morgan fingerprint density at radius 1 is 0.864 bits per heavy atom. The van der Waals surface area contributed by atoms with Gasteiger partial charge < -0.3 is 9.47 Å². The number of pyridine rings is 1. The van der Waals surface area contributed by atoms with Gasteiger partial charge in [-0.15, -0.1) is 13.2 Å². The molecule has 4 aromatic rings. The molecular weight excluding hydrogens is 589 g/mol. The van der Waals surface area contributed by atoms with Gasteiger partial charge in [0.15, 0.2) is 9.84 Å². The lowest BCUT2D eigenvalue weighted by Crippen LogP contribution is -2.49. The maximum Gasteiger partial charge on any atom is 0.573 e. The van der Waals surface area contributed by atoms with Crippen LogP contribution in [0.5, 0.6) is 11.5 Å². The molecule has 0 amide bonds. The van der Waals surface area contributed by atoms with E-state index in [2.05, 4.69) is 20.7 Å². The highest BCUT2D eigenvalue weighted by molar-refractivity contribution is 7.89. The van der Waals surface area contributed by atoms with Crippen LogP contribution in [0.25, 0.3) is 11.1 Å². The van der Waals surface area contributed by atoms with Crippen LogP contribution in [0.2, 0.25) is 0 Å². The number of nitrogens with zero attached hydrogens (tertiary/aromatic N) is 2. The first-order valence-electron chi connectivity index (χ1n) is 14.6. The molecule has 0 unspecified atom stereocenters. The molecule has 1 fully saturated rings. The summed E-state index contributed by atoms with van der Waals surface area (Å²) < 4.78 is 74.7. The van der Waals surface area contributed by atoms with Crippen molar-refractivity contribution < 1.29 is 31.1 Å². The van der Waals surface area contributed by atoms with E-state index in [9.17, 15) is 21.6 Å². The van der Waals surface area contributed by atoms with Gasteiger partial charge in [-0.05, 0) is 78.3 Å². The van der Waals surface area contributed by atoms with Crippen LogP contribution in [-0.4, -0.2) is 43.4 Å². The van der Waals surface area contributed by atoms with Crippen molar-refractivity contribution in [3.05, 3.63) is 114 Å². The highest BCUT2D eigenvalue weighted by Gasteiger charge is 2.40. The van der Waals surface area contributed by atoms with Gasteiger partial charge in [0.05, 0.1) is 17.2 Å². The summed E-state index contributed by atoms with van der Waals surface area (Å²) in [5.41, 5.74) is 4.68. The minimum absolute atomic E-state index is 0.0464. The van der Waals surface area contributed by atoms with Crippen molar-refractivity contribution in [2.75, 3.05) is 13.1 Å². The number of halogens is 3. The summed E-state index contributed by atoms with van der Waals surface area (Å²) in [4.78, 5) is 6.28. The molecule has 1 aromatic heterocycles. The van der Waals surface area contributed by atoms with Crippen LogP contribution >= 0.6 is 0 Å². The van der Waals surface area contributed by atoms with Crippen molar-refractivity contribution in [2.45, 2.75) is 55.7 Å². The van der Waals surface area contributed by atoms with E-state index in [0.29, 0.717) is 17.8 Å². The zero-order valence-corrected chi connectivity index (χ0v) is 24.9. The van der Waals surface area contributed by atoms with E-state index < -0.39 is 16.2 Å². The number of benzene rings is 3. The fourth-order valence-corrected chi connectivity index (χ4v) is 7.50. The predicted octanol–water partition coefficient (Wildman–Crippen LogP) is 7.12. The molecule has 1 saturated heterocycles. The summed E-state index contributed by atoms with van der Waals surface area (Å²) in [6.45, 7) is 1.83. The molecule has 6 rings (SSSR count). The molecule has 0 aliphatic carbocycles. The minimum Gasteiger partial charge on any atom is -0.487 e. The highest BCUT2D eigenvalue weighted by atomic mass is 32.2. The number of ether oxygens (including phenoxy) is 2. The number of fused-ring (bicyclic) bond motifs is 1. The SMILES string of the molecule is O=S(=O)(Cc1ccc(-c2ccc3c(c2)CCC2(CCN(Cc4ccccc4OC(F)(F)F)CC2)O3)cc1)Cc1ccccn1. The van der Waals surface area contributed by atoms with E-state index >= 15 is 0 Å². The summed E-state index contributed by atoms with van der Waals surface area (Å²) in [5, 5.41) is 0. The quantitative estimate of drug-likeness (QED) is 0.209. The molecule has 0 saturated carbocycles. The van der Waals surface area contributed by atoms with Crippen LogP contribution in [0.15, 0.2) is 91.1 Å². The monoisotopic (exact) mass is 622 g/mol. The summed E-state index contributed by atoms with van der Waals surface area (Å²) in [5.74, 6) is 0.578. The van der Waals surface area contributed by atoms with Crippen LogP contribution in [0.3, 0.4) is 0 Å². The highest BCUT2D eigenvalue weighted by Crippen LogP contribution is 2.41. The van der Waals surface area contributed by atoms with Gasteiger partial charge in [0.1, 0.15) is 17.1 Å². The number of alkyl halides is 3. The third kappa shape index (κ3) is 7.42. The Balaban J connectivity index is 1.06. The van der Waals surface area contributed by atoms with Crippen LogP contribution in [-0.2, 0) is 34.3 Å². The zero-order valence-electron chi connectivity index (χ0n) is 24.1. The van der Waals surface area contributed by atoms with Crippen LogP contribution in [0, 0.1) is 0 Å². The Kier molecular flexibility index (Phi) is 8.39. The lowest BCUT2D eigenvalue weighted by atomic mass is 9.82. The van der Waals surface area contributed by atoms with Gasteiger partial charge in [0.2, 0.25) is 0 Å². The van der Waals surface area contributed by atoms with Gasteiger partial charge in [-0.1, -0.05) is 54.6 Å². The van der Waals surface area contributed by atoms with Gasteiger partial charge >= 0.3 is 6.36 Å². The fraction of sp³-hybridized carbons (Fsp3) is 0.324. The smallest absolute Gasteiger partial charge is 0.487 e. The molecule has 3 heterocycles. The molecule has 6 nitrogen and oxygen atoms in total. The molecule has 0 N–H and O–H groups in total. The summed E-state index contributed by atoms with van der Waals surface area (Å²) in [7, 11) is -3.35. The summed E-state index contributed by atoms with van der Waals surface area (Å²) >= 11 is 0. The second-order valence-corrected chi connectivity index (χ2v) is 13.7. The molecule has 0 atom stereocenters. The molecule has 2 aliphatic heterocycles. The van der Waals surface area contributed by atoms with Crippen LogP contribution < -0.4 is 9.47 Å². The normalized spacial score (nSPS) is 16.7. The number of rotatable bonds is 8. The first-order chi connectivity index (χ1) is 21.0. The topological polar surface area (TPSA) is 68.7 Å². The van der Waals surface area contributed by atoms with Gasteiger partial charge in [-0.25, -0.2) is 8.42 Å². The predicted molar refractivity (Wildman–Crippen MR) is 162 cm³/mol.